The zero-order valence-electron chi connectivity index (χ0n) is 10.8. The largest absolute Gasteiger partial charge is 0.468 e. The van der Waals surface area contributed by atoms with Crippen molar-refractivity contribution in [3.05, 3.63) is 23.7 Å². The van der Waals surface area contributed by atoms with Crippen molar-refractivity contribution >= 4 is 0 Å². The minimum atomic E-state index is 0.907. The molecule has 3 heteroatoms. The van der Waals surface area contributed by atoms with Gasteiger partial charge >= 0.3 is 0 Å². The van der Waals surface area contributed by atoms with E-state index in [1.807, 2.05) is 0 Å². The van der Waals surface area contributed by atoms with E-state index in [-0.39, 0.29) is 0 Å². The fourth-order valence-corrected chi connectivity index (χ4v) is 1.77. The Hall–Kier alpha value is -0.800. The summed E-state index contributed by atoms with van der Waals surface area (Å²) in [6.45, 7) is 8.38. The van der Waals surface area contributed by atoms with Gasteiger partial charge in [0.1, 0.15) is 5.76 Å². The molecule has 1 N–H and O–H groups in total. The van der Waals surface area contributed by atoms with Crippen LogP contribution in [0.3, 0.4) is 0 Å². The molecule has 1 rings (SSSR count). The Bertz CT molecular complexity index is 283. The van der Waals surface area contributed by atoms with E-state index in [4.69, 9.17) is 4.42 Å². The molecule has 0 aliphatic heterocycles. The predicted molar refractivity (Wildman–Crippen MR) is 67.3 cm³/mol. The van der Waals surface area contributed by atoms with Crippen molar-refractivity contribution in [2.75, 3.05) is 20.1 Å². The Kier molecular flexibility index (Phi) is 6.19. The molecule has 0 saturated carbocycles. The second kappa shape index (κ2) is 7.47. The van der Waals surface area contributed by atoms with Crippen LogP contribution >= 0.6 is 0 Å². The Morgan fingerprint density at radius 1 is 1.31 bits per heavy atom. The molecule has 0 spiro atoms. The first-order valence-electron chi connectivity index (χ1n) is 6.22. The first kappa shape index (κ1) is 13.3. The number of nitrogens with one attached hydrogen (secondary N) is 1. The third-order valence-corrected chi connectivity index (χ3v) is 2.60. The van der Waals surface area contributed by atoms with E-state index in [1.165, 1.54) is 18.4 Å². The van der Waals surface area contributed by atoms with Crippen molar-refractivity contribution < 1.29 is 4.42 Å². The summed E-state index contributed by atoms with van der Waals surface area (Å²) in [5, 5.41) is 3.40. The van der Waals surface area contributed by atoms with Gasteiger partial charge in [0.25, 0.3) is 0 Å². The van der Waals surface area contributed by atoms with Gasteiger partial charge in [0.05, 0.1) is 12.8 Å². The molecule has 1 aromatic heterocycles. The van der Waals surface area contributed by atoms with Gasteiger partial charge in [-0.25, -0.2) is 0 Å². The van der Waals surface area contributed by atoms with E-state index in [0.29, 0.717) is 0 Å². The molecule has 16 heavy (non-hydrogen) atoms. The second-order valence-corrected chi connectivity index (χ2v) is 4.28. The van der Waals surface area contributed by atoms with Gasteiger partial charge in [0, 0.05) is 12.1 Å². The van der Waals surface area contributed by atoms with Crippen LogP contribution in [0, 0.1) is 0 Å². The Morgan fingerprint density at radius 2 is 2.12 bits per heavy atom. The van der Waals surface area contributed by atoms with Gasteiger partial charge in [-0.2, -0.15) is 0 Å². The van der Waals surface area contributed by atoms with Gasteiger partial charge < -0.3 is 9.73 Å². The normalized spacial score (nSPS) is 11.2. The van der Waals surface area contributed by atoms with Crippen LogP contribution in [0.1, 0.15) is 38.0 Å². The first-order valence-corrected chi connectivity index (χ1v) is 6.22. The van der Waals surface area contributed by atoms with Gasteiger partial charge in [-0.1, -0.05) is 13.8 Å². The molecule has 92 valence electrons. The second-order valence-electron chi connectivity index (χ2n) is 4.28. The van der Waals surface area contributed by atoms with E-state index in [1.54, 1.807) is 6.26 Å². The van der Waals surface area contributed by atoms with Crippen molar-refractivity contribution in [1.29, 1.82) is 0 Å². The fraction of sp³-hybridized carbons (Fsp3) is 0.692. The lowest BCUT2D eigenvalue weighted by molar-refractivity contribution is 0.293. The summed E-state index contributed by atoms with van der Waals surface area (Å²) in [5.74, 6) is 1.10. The molecule has 0 amide bonds. The van der Waals surface area contributed by atoms with E-state index in [9.17, 15) is 0 Å². The van der Waals surface area contributed by atoms with Gasteiger partial charge in [-0.3, -0.25) is 4.90 Å². The van der Waals surface area contributed by atoms with Crippen molar-refractivity contribution in [2.24, 2.45) is 0 Å². The number of furan rings is 1. The molecule has 0 bridgehead atoms. The van der Waals surface area contributed by atoms with Crippen LogP contribution in [-0.4, -0.2) is 25.0 Å². The average Bonchev–Trinajstić information content (AvgIpc) is 2.66. The summed E-state index contributed by atoms with van der Waals surface area (Å²) in [4.78, 5) is 2.29. The minimum absolute atomic E-state index is 0.907. The first-order chi connectivity index (χ1) is 7.77. The smallest absolute Gasteiger partial charge is 0.122 e. The number of hydrogen-bond acceptors (Lipinski definition) is 3. The van der Waals surface area contributed by atoms with Crippen molar-refractivity contribution in [3.63, 3.8) is 0 Å². The van der Waals surface area contributed by atoms with Crippen LogP contribution in [0.2, 0.25) is 0 Å². The van der Waals surface area contributed by atoms with E-state index >= 15 is 0 Å². The van der Waals surface area contributed by atoms with Gasteiger partial charge in [-0.15, -0.1) is 0 Å². The summed E-state index contributed by atoms with van der Waals surface area (Å²) in [6.07, 6.45) is 4.14. The highest BCUT2D eigenvalue weighted by molar-refractivity contribution is 5.16. The molecule has 0 aromatic carbocycles. The highest BCUT2D eigenvalue weighted by Crippen LogP contribution is 2.12. The lowest BCUT2D eigenvalue weighted by atomic mass is 10.2. The predicted octanol–water partition coefficient (Wildman–Crippen LogP) is 2.62. The number of nitrogens with zero attached hydrogens (tertiary/aromatic N) is 1. The van der Waals surface area contributed by atoms with E-state index in [2.05, 4.69) is 37.2 Å². The Morgan fingerprint density at radius 3 is 2.81 bits per heavy atom. The minimum Gasteiger partial charge on any atom is -0.468 e. The molecular weight excluding hydrogens is 200 g/mol. The van der Waals surface area contributed by atoms with Gasteiger partial charge in [-0.05, 0) is 39.0 Å². The maximum Gasteiger partial charge on any atom is 0.122 e. The van der Waals surface area contributed by atoms with Crippen LogP contribution in [-0.2, 0) is 13.1 Å². The number of hydrogen-bond donors (Lipinski definition) is 1. The maximum absolute atomic E-state index is 5.53. The molecule has 1 aromatic rings. The van der Waals surface area contributed by atoms with Crippen molar-refractivity contribution in [3.8, 4) is 0 Å². The summed E-state index contributed by atoms with van der Waals surface area (Å²) < 4.78 is 5.53. The fourth-order valence-electron chi connectivity index (χ4n) is 1.77. The SMILES string of the molecule is CCCNCc1ccoc1CN(C)CCC. The lowest BCUT2D eigenvalue weighted by Crippen LogP contribution is -2.20. The standard InChI is InChI=1S/C13H24N2O/c1-4-7-14-10-12-6-9-16-13(12)11-15(3)8-5-2/h6,9,14H,4-5,7-8,10-11H2,1-3H3. The van der Waals surface area contributed by atoms with Crippen LogP contribution in [0.5, 0.6) is 0 Å². The third kappa shape index (κ3) is 4.37. The summed E-state index contributed by atoms with van der Waals surface area (Å²) >= 11 is 0. The van der Waals surface area contributed by atoms with Crippen molar-refractivity contribution in [1.82, 2.24) is 10.2 Å². The molecule has 0 aliphatic carbocycles. The molecule has 3 nitrogen and oxygen atoms in total. The molecule has 1 heterocycles. The van der Waals surface area contributed by atoms with Crippen LogP contribution in [0.15, 0.2) is 16.7 Å². The van der Waals surface area contributed by atoms with E-state index < -0.39 is 0 Å². The lowest BCUT2D eigenvalue weighted by Gasteiger charge is -2.14. The van der Waals surface area contributed by atoms with Gasteiger partial charge in [0.2, 0.25) is 0 Å². The molecule has 0 unspecified atom stereocenters. The monoisotopic (exact) mass is 224 g/mol. The molecule has 0 aliphatic rings. The third-order valence-electron chi connectivity index (χ3n) is 2.60. The van der Waals surface area contributed by atoms with Gasteiger partial charge in [0.15, 0.2) is 0 Å². The molecule has 0 atom stereocenters. The summed E-state index contributed by atoms with van der Waals surface area (Å²) in [7, 11) is 2.13. The zero-order valence-corrected chi connectivity index (χ0v) is 10.8. The Labute approximate surface area is 98.8 Å². The van der Waals surface area contributed by atoms with Crippen LogP contribution in [0.25, 0.3) is 0 Å². The van der Waals surface area contributed by atoms with E-state index in [0.717, 1.165) is 31.9 Å². The highest BCUT2D eigenvalue weighted by atomic mass is 16.3. The zero-order chi connectivity index (χ0) is 11.8. The summed E-state index contributed by atoms with van der Waals surface area (Å²) in [6, 6.07) is 2.07. The molecule has 0 fully saturated rings. The van der Waals surface area contributed by atoms with Crippen LogP contribution < -0.4 is 5.32 Å². The average molecular weight is 224 g/mol. The Balaban J connectivity index is 2.43. The number of rotatable bonds is 8. The van der Waals surface area contributed by atoms with Crippen molar-refractivity contribution in [2.45, 2.75) is 39.8 Å². The molecule has 0 saturated heterocycles. The quantitative estimate of drug-likeness (QED) is 0.688. The highest BCUT2D eigenvalue weighted by Gasteiger charge is 2.08. The van der Waals surface area contributed by atoms with Crippen LogP contribution in [0.4, 0.5) is 0 Å². The molecule has 0 radical (unpaired) electrons. The maximum atomic E-state index is 5.53. The topological polar surface area (TPSA) is 28.4 Å². The summed E-state index contributed by atoms with van der Waals surface area (Å²) in [5.41, 5.74) is 1.29. The molecular formula is C13H24N2O.